The number of benzene rings is 1. The van der Waals surface area contributed by atoms with Crippen LogP contribution in [0, 0.1) is 6.92 Å². The molecule has 8 heteroatoms. The lowest BCUT2D eigenvalue weighted by Crippen LogP contribution is -2.31. The van der Waals surface area contributed by atoms with Crippen molar-refractivity contribution in [1.29, 1.82) is 0 Å². The van der Waals surface area contributed by atoms with E-state index in [4.69, 9.17) is 4.42 Å². The van der Waals surface area contributed by atoms with Crippen molar-refractivity contribution in [2.45, 2.75) is 13.5 Å². The van der Waals surface area contributed by atoms with E-state index < -0.39 is 16.9 Å². The molecule has 3 aromatic heterocycles. The van der Waals surface area contributed by atoms with Crippen LogP contribution >= 0.6 is 0 Å². The molecule has 28 heavy (non-hydrogen) atoms. The summed E-state index contributed by atoms with van der Waals surface area (Å²) >= 11 is 0. The van der Waals surface area contributed by atoms with Gasteiger partial charge in [0.1, 0.15) is 17.1 Å². The van der Waals surface area contributed by atoms with E-state index in [-0.39, 0.29) is 40.3 Å². The Morgan fingerprint density at radius 2 is 1.86 bits per heavy atom. The number of nitrogens with zero attached hydrogens (tertiary/aromatic N) is 2. The van der Waals surface area contributed by atoms with Gasteiger partial charge < -0.3 is 9.52 Å². The van der Waals surface area contributed by atoms with Crippen molar-refractivity contribution < 1.29 is 9.52 Å². The number of hydrogen-bond acceptors (Lipinski definition) is 6. The van der Waals surface area contributed by atoms with E-state index in [2.05, 4.69) is 9.97 Å². The number of nitrogens with one attached hydrogen (secondary N) is 1. The molecule has 1 aromatic carbocycles. The molecule has 0 aliphatic rings. The minimum absolute atomic E-state index is 0.102. The molecule has 4 rings (SSSR count). The van der Waals surface area contributed by atoms with Crippen LogP contribution in [0.4, 0.5) is 0 Å². The summed E-state index contributed by atoms with van der Waals surface area (Å²) in [5.74, 6) is -0.0353. The Labute approximate surface area is 157 Å². The average molecular weight is 377 g/mol. The Morgan fingerprint density at radius 1 is 1.11 bits per heavy atom. The monoisotopic (exact) mass is 377 g/mol. The van der Waals surface area contributed by atoms with Crippen molar-refractivity contribution >= 4 is 11.0 Å². The summed E-state index contributed by atoms with van der Waals surface area (Å²) < 4.78 is 6.34. The molecule has 0 aliphatic heterocycles. The quantitative estimate of drug-likeness (QED) is 0.562. The molecule has 0 amide bonds. The summed E-state index contributed by atoms with van der Waals surface area (Å²) in [6, 6.07) is 13.4. The van der Waals surface area contributed by atoms with E-state index in [1.165, 1.54) is 29.7 Å². The number of aromatic amines is 1. The summed E-state index contributed by atoms with van der Waals surface area (Å²) in [5.41, 5.74) is -1.05. The average Bonchev–Trinajstić information content (AvgIpc) is 2.65. The van der Waals surface area contributed by atoms with Gasteiger partial charge in [-0.2, -0.15) is 0 Å². The van der Waals surface area contributed by atoms with E-state index >= 15 is 0 Å². The molecular formula is C20H15N3O5. The number of hydrogen-bond donors (Lipinski definition) is 2. The molecule has 0 saturated carbocycles. The minimum Gasteiger partial charge on any atom is -0.507 e. The fraction of sp³-hybridized carbons (Fsp3) is 0.100. The van der Waals surface area contributed by atoms with Crippen LogP contribution in [0.15, 0.2) is 67.3 Å². The van der Waals surface area contributed by atoms with Gasteiger partial charge in [0.15, 0.2) is 5.65 Å². The Balaban J connectivity index is 1.99. The van der Waals surface area contributed by atoms with Crippen LogP contribution in [-0.2, 0) is 6.54 Å². The molecule has 0 atom stereocenters. The van der Waals surface area contributed by atoms with Gasteiger partial charge in [-0.25, -0.2) is 14.6 Å². The lowest BCUT2D eigenvalue weighted by molar-refractivity contribution is 0.438. The molecule has 0 fully saturated rings. The van der Waals surface area contributed by atoms with Crippen LogP contribution in [0.25, 0.3) is 22.3 Å². The summed E-state index contributed by atoms with van der Waals surface area (Å²) in [5, 5.41) is 10.4. The highest BCUT2D eigenvalue weighted by atomic mass is 16.4. The topological polar surface area (TPSA) is 118 Å². The second-order valence-corrected chi connectivity index (χ2v) is 6.30. The van der Waals surface area contributed by atoms with E-state index in [9.17, 15) is 19.5 Å². The number of aromatic nitrogens is 3. The summed E-state index contributed by atoms with van der Waals surface area (Å²) in [6.45, 7) is 1.72. The van der Waals surface area contributed by atoms with Crippen LogP contribution < -0.4 is 16.9 Å². The lowest BCUT2D eigenvalue weighted by atomic mass is 10.1. The summed E-state index contributed by atoms with van der Waals surface area (Å²) in [6.07, 6.45) is 0. The number of H-pyrrole nitrogens is 1. The van der Waals surface area contributed by atoms with Crippen molar-refractivity contribution in [3.63, 3.8) is 0 Å². The second-order valence-electron chi connectivity index (χ2n) is 6.30. The van der Waals surface area contributed by atoms with Gasteiger partial charge in [0.25, 0.3) is 5.56 Å². The predicted octanol–water partition coefficient (Wildman–Crippen LogP) is 1.77. The molecule has 8 nitrogen and oxygen atoms in total. The highest BCUT2D eigenvalue weighted by molar-refractivity contribution is 5.78. The van der Waals surface area contributed by atoms with Gasteiger partial charge in [0.05, 0.1) is 17.6 Å². The SMILES string of the molecule is Cc1cc(O)c(-c2ccc3c(=O)[nH]c(=O)n(Cc4ccccc4)c3n2)c(=O)o1. The minimum atomic E-state index is -0.758. The fourth-order valence-corrected chi connectivity index (χ4v) is 3.04. The molecule has 0 bridgehead atoms. The lowest BCUT2D eigenvalue weighted by Gasteiger charge is -2.10. The standard InChI is InChI=1S/C20H15N3O5/c1-11-9-15(24)16(19(26)28-11)14-8-7-13-17(21-14)23(20(27)22-18(13)25)10-12-5-3-2-4-6-12/h2-9,24H,10H2,1H3,(H,22,25,27). The van der Waals surface area contributed by atoms with Gasteiger partial charge in [-0.15, -0.1) is 0 Å². The van der Waals surface area contributed by atoms with E-state index in [1.807, 2.05) is 30.3 Å². The Morgan fingerprint density at radius 3 is 2.57 bits per heavy atom. The molecule has 0 saturated heterocycles. The molecule has 0 spiro atoms. The van der Waals surface area contributed by atoms with Crippen molar-refractivity contribution in [1.82, 2.24) is 14.5 Å². The molecule has 3 heterocycles. The highest BCUT2D eigenvalue weighted by Crippen LogP contribution is 2.25. The van der Waals surface area contributed by atoms with Crippen LogP contribution in [0.2, 0.25) is 0 Å². The Bertz CT molecular complexity index is 1370. The third kappa shape index (κ3) is 3.01. The molecule has 0 unspecified atom stereocenters. The maximum atomic E-state index is 12.4. The molecule has 2 N–H and O–H groups in total. The third-order valence-corrected chi connectivity index (χ3v) is 4.33. The first-order valence-electron chi connectivity index (χ1n) is 8.46. The van der Waals surface area contributed by atoms with Gasteiger partial charge in [-0.1, -0.05) is 30.3 Å². The van der Waals surface area contributed by atoms with Crippen LogP contribution in [0.1, 0.15) is 11.3 Å². The number of pyridine rings is 1. The fourth-order valence-electron chi connectivity index (χ4n) is 3.04. The number of rotatable bonds is 3. The highest BCUT2D eigenvalue weighted by Gasteiger charge is 2.17. The molecule has 0 aliphatic carbocycles. The van der Waals surface area contributed by atoms with Crippen molar-refractivity contribution in [2.75, 3.05) is 0 Å². The first kappa shape index (κ1) is 17.5. The number of aryl methyl sites for hydroxylation is 1. The maximum Gasteiger partial charge on any atom is 0.349 e. The molecule has 4 aromatic rings. The van der Waals surface area contributed by atoms with Crippen LogP contribution in [0.3, 0.4) is 0 Å². The summed E-state index contributed by atoms with van der Waals surface area (Å²) in [7, 11) is 0. The predicted molar refractivity (Wildman–Crippen MR) is 103 cm³/mol. The third-order valence-electron chi connectivity index (χ3n) is 4.33. The zero-order chi connectivity index (χ0) is 19.8. The number of fused-ring (bicyclic) bond motifs is 1. The Hall–Kier alpha value is -3.94. The van der Waals surface area contributed by atoms with Crippen molar-refractivity contribution in [3.05, 3.63) is 91.1 Å². The Kier molecular flexibility index (Phi) is 4.15. The smallest absolute Gasteiger partial charge is 0.349 e. The van der Waals surface area contributed by atoms with Crippen molar-refractivity contribution in [3.8, 4) is 17.0 Å². The first-order chi connectivity index (χ1) is 13.4. The molecule has 0 radical (unpaired) electrons. The first-order valence-corrected chi connectivity index (χ1v) is 8.46. The summed E-state index contributed by atoms with van der Waals surface area (Å²) in [4.78, 5) is 43.4. The maximum absolute atomic E-state index is 12.4. The van der Waals surface area contributed by atoms with Gasteiger partial charge in [-0.3, -0.25) is 14.3 Å². The van der Waals surface area contributed by atoms with Crippen molar-refractivity contribution in [2.24, 2.45) is 0 Å². The molecule has 140 valence electrons. The van der Waals surface area contributed by atoms with Gasteiger partial charge in [0.2, 0.25) is 0 Å². The van der Waals surface area contributed by atoms with E-state index in [0.29, 0.717) is 0 Å². The van der Waals surface area contributed by atoms with Crippen LogP contribution in [-0.4, -0.2) is 19.6 Å². The van der Waals surface area contributed by atoms with E-state index in [0.717, 1.165) is 5.56 Å². The van der Waals surface area contributed by atoms with Gasteiger partial charge in [-0.05, 0) is 24.6 Å². The normalized spacial score (nSPS) is 11.0. The van der Waals surface area contributed by atoms with E-state index in [1.54, 1.807) is 0 Å². The number of aromatic hydroxyl groups is 1. The second kappa shape index (κ2) is 6.66. The zero-order valence-electron chi connectivity index (χ0n) is 14.8. The zero-order valence-corrected chi connectivity index (χ0v) is 14.8. The van der Waals surface area contributed by atoms with Gasteiger partial charge >= 0.3 is 11.3 Å². The van der Waals surface area contributed by atoms with Crippen LogP contribution in [0.5, 0.6) is 5.75 Å². The largest absolute Gasteiger partial charge is 0.507 e. The van der Waals surface area contributed by atoms with Gasteiger partial charge in [0, 0.05) is 6.07 Å². The molecular weight excluding hydrogens is 362 g/mol.